The number of aromatic nitrogens is 1. The first kappa shape index (κ1) is 9.77. The molecule has 0 amide bonds. The molecular formula is C12H9NO4. The third kappa shape index (κ3) is 1.44. The zero-order valence-electron chi connectivity index (χ0n) is 8.74. The summed E-state index contributed by atoms with van der Waals surface area (Å²) in [5.74, 6) is -0.999. The van der Waals surface area contributed by atoms with Gasteiger partial charge in [0.25, 0.3) is 0 Å². The van der Waals surface area contributed by atoms with Gasteiger partial charge in [0, 0.05) is 0 Å². The molecule has 1 unspecified atom stereocenters. The fourth-order valence-electron chi connectivity index (χ4n) is 1.77. The molecule has 0 aliphatic carbocycles. The van der Waals surface area contributed by atoms with Crippen LogP contribution in [0.3, 0.4) is 0 Å². The van der Waals surface area contributed by atoms with Crippen LogP contribution in [0.5, 0.6) is 0 Å². The van der Waals surface area contributed by atoms with Crippen LogP contribution in [0, 0.1) is 0 Å². The second kappa shape index (κ2) is 3.55. The molecule has 5 nitrogen and oxygen atoms in total. The highest BCUT2D eigenvalue weighted by atomic mass is 16.6. The lowest BCUT2D eigenvalue weighted by atomic mass is 10.2. The smallest absolute Gasteiger partial charge is 0.339 e. The van der Waals surface area contributed by atoms with Crippen molar-refractivity contribution < 1.29 is 19.2 Å². The lowest BCUT2D eigenvalue weighted by Gasteiger charge is -2.22. The van der Waals surface area contributed by atoms with Gasteiger partial charge in [0.1, 0.15) is 11.1 Å². The van der Waals surface area contributed by atoms with E-state index in [-0.39, 0.29) is 11.8 Å². The second-order valence-corrected chi connectivity index (χ2v) is 3.62. The van der Waals surface area contributed by atoms with Gasteiger partial charge >= 0.3 is 5.97 Å². The number of carbonyl (C=O) groups is 1. The molecule has 17 heavy (non-hydrogen) atoms. The first-order valence-electron chi connectivity index (χ1n) is 5.09. The van der Waals surface area contributed by atoms with Crippen molar-refractivity contribution in [2.24, 2.45) is 0 Å². The van der Waals surface area contributed by atoms with Gasteiger partial charge in [-0.25, -0.2) is 4.79 Å². The van der Waals surface area contributed by atoms with Crippen LogP contribution in [0.15, 0.2) is 47.2 Å². The predicted octanol–water partition coefficient (Wildman–Crippen LogP) is 2.53. The van der Waals surface area contributed by atoms with Gasteiger partial charge in [-0.3, -0.25) is 0 Å². The molecule has 1 aliphatic heterocycles. The summed E-state index contributed by atoms with van der Waals surface area (Å²) in [6.07, 6.45) is 6.64. The van der Waals surface area contributed by atoms with E-state index in [9.17, 15) is 4.79 Å². The van der Waals surface area contributed by atoms with Gasteiger partial charge in [-0.15, -0.1) is 0 Å². The Morgan fingerprint density at radius 2 is 2.24 bits per heavy atom. The summed E-state index contributed by atoms with van der Waals surface area (Å²) in [5.41, 5.74) is 1.26. The minimum Gasteiger partial charge on any atom is -0.478 e. The molecule has 0 saturated carbocycles. The van der Waals surface area contributed by atoms with E-state index in [1.165, 1.54) is 10.8 Å². The third-order valence-corrected chi connectivity index (χ3v) is 2.57. The molecule has 0 radical (unpaired) electrons. The molecule has 1 aliphatic rings. The summed E-state index contributed by atoms with van der Waals surface area (Å²) in [7, 11) is 0. The van der Waals surface area contributed by atoms with Crippen molar-refractivity contribution in [3.8, 4) is 0 Å². The number of carboxylic acids is 1. The Morgan fingerprint density at radius 3 is 2.94 bits per heavy atom. The van der Waals surface area contributed by atoms with Gasteiger partial charge in [0.15, 0.2) is 5.58 Å². The monoisotopic (exact) mass is 231 g/mol. The average Bonchev–Trinajstić information content (AvgIpc) is 2.31. The highest BCUT2D eigenvalue weighted by Gasteiger charge is 2.22. The molecule has 1 N–H and O–H groups in total. The molecule has 3 rings (SSSR count). The lowest BCUT2D eigenvalue weighted by Crippen LogP contribution is -2.15. The van der Waals surface area contributed by atoms with Crippen molar-refractivity contribution in [1.82, 2.24) is 4.74 Å². The normalized spacial score (nSPS) is 18.5. The molecule has 1 aromatic heterocycles. The van der Waals surface area contributed by atoms with E-state index >= 15 is 0 Å². The summed E-state index contributed by atoms with van der Waals surface area (Å²) in [6, 6.07) is 4.98. The second-order valence-electron chi connectivity index (χ2n) is 3.62. The maximum Gasteiger partial charge on any atom is 0.339 e. The summed E-state index contributed by atoms with van der Waals surface area (Å²) < 4.78 is 12.2. The Hall–Kier alpha value is -2.43. The molecule has 0 saturated heterocycles. The van der Waals surface area contributed by atoms with Gasteiger partial charge in [0.2, 0.25) is 6.23 Å². The van der Waals surface area contributed by atoms with Crippen LogP contribution in [0.1, 0.15) is 16.6 Å². The van der Waals surface area contributed by atoms with E-state index < -0.39 is 5.97 Å². The van der Waals surface area contributed by atoms with Gasteiger partial charge in [-0.05, 0) is 24.3 Å². The number of nitrogens with zero attached hydrogens (tertiary/aromatic N) is 1. The Kier molecular flexibility index (Phi) is 2.04. The summed E-state index contributed by atoms with van der Waals surface area (Å²) in [6.45, 7) is 0. The molecule has 1 aromatic carbocycles. The van der Waals surface area contributed by atoms with Crippen molar-refractivity contribution in [3.63, 3.8) is 0 Å². The van der Waals surface area contributed by atoms with E-state index in [4.69, 9.17) is 14.4 Å². The lowest BCUT2D eigenvalue weighted by molar-refractivity contribution is 0.0446. The van der Waals surface area contributed by atoms with Crippen LogP contribution in [-0.2, 0) is 4.74 Å². The van der Waals surface area contributed by atoms with Crippen molar-refractivity contribution in [2.75, 3.05) is 0 Å². The maximum absolute atomic E-state index is 10.9. The highest BCUT2D eigenvalue weighted by molar-refractivity contribution is 6.00. The standard InChI is InChI=1S/C12H9NO4/c14-12(15)8-4-3-5-9-11(8)17-13(9)10-6-1-2-7-16-10/h1-7,10H,(H,14,15). The Bertz CT molecular complexity index is 632. The van der Waals surface area contributed by atoms with Crippen LogP contribution in [0.2, 0.25) is 0 Å². The largest absolute Gasteiger partial charge is 0.478 e. The van der Waals surface area contributed by atoms with Crippen LogP contribution < -0.4 is 0 Å². The zero-order valence-corrected chi connectivity index (χ0v) is 8.74. The molecule has 0 bridgehead atoms. The van der Waals surface area contributed by atoms with Gasteiger partial charge in [-0.1, -0.05) is 12.1 Å². The molecule has 2 heterocycles. The number of ether oxygens (including phenoxy) is 1. The summed E-state index contributed by atoms with van der Waals surface area (Å²) in [4.78, 5) is 10.9. The Morgan fingerprint density at radius 1 is 1.35 bits per heavy atom. The number of rotatable bonds is 2. The number of aromatic carboxylic acids is 1. The number of para-hydroxylation sites is 1. The first-order chi connectivity index (χ1) is 8.27. The first-order valence-corrected chi connectivity index (χ1v) is 5.09. The number of hydrogen-bond acceptors (Lipinski definition) is 3. The minimum absolute atomic E-state index is 0.161. The topological polar surface area (TPSA) is 64.6 Å². The number of allylic oxidation sites excluding steroid dienone is 2. The summed E-state index contributed by atoms with van der Waals surface area (Å²) in [5, 5.41) is 8.97. The molecule has 0 fully saturated rings. The Balaban J connectivity index is 2.04. The van der Waals surface area contributed by atoms with E-state index in [1.54, 1.807) is 24.5 Å². The fraction of sp³-hybridized carbons (Fsp3) is 0.0833. The number of fused-ring (bicyclic) bond motifs is 1. The quantitative estimate of drug-likeness (QED) is 0.862. The molecular weight excluding hydrogens is 222 g/mol. The van der Waals surface area contributed by atoms with Crippen LogP contribution in [-0.4, -0.2) is 15.8 Å². The molecule has 0 spiro atoms. The molecule has 5 heteroatoms. The number of hydrogen-bond donors (Lipinski definition) is 1. The van der Waals surface area contributed by atoms with E-state index in [2.05, 4.69) is 0 Å². The minimum atomic E-state index is -0.999. The zero-order chi connectivity index (χ0) is 11.8. The molecule has 2 aromatic rings. The predicted molar refractivity (Wildman–Crippen MR) is 59.6 cm³/mol. The van der Waals surface area contributed by atoms with E-state index in [1.807, 2.05) is 12.2 Å². The SMILES string of the molecule is O=C(O)c1cccc2c1on2C1C=CC=CO1. The van der Waals surface area contributed by atoms with E-state index in [0.717, 1.165) is 5.52 Å². The number of carboxylic acid groups (broad SMARTS) is 1. The molecule has 1 atom stereocenters. The van der Waals surface area contributed by atoms with E-state index in [0.29, 0.717) is 5.58 Å². The fourth-order valence-corrected chi connectivity index (χ4v) is 1.77. The van der Waals surface area contributed by atoms with Crippen LogP contribution >= 0.6 is 0 Å². The van der Waals surface area contributed by atoms with Crippen molar-refractivity contribution >= 4 is 17.1 Å². The van der Waals surface area contributed by atoms with Gasteiger partial charge < -0.3 is 14.4 Å². The van der Waals surface area contributed by atoms with Gasteiger partial charge in [-0.2, -0.15) is 4.74 Å². The van der Waals surface area contributed by atoms with Crippen molar-refractivity contribution in [1.29, 1.82) is 0 Å². The number of benzene rings is 1. The average molecular weight is 231 g/mol. The van der Waals surface area contributed by atoms with Crippen molar-refractivity contribution in [3.05, 3.63) is 48.3 Å². The van der Waals surface area contributed by atoms with Crippen LogP contribution in [0.25, 0.3) is 11.1 Å². The highest BCUT2D eigenvalue weighted by Crippen LogP contribution is 2.28. The molecule has 86 valence electrons. The maximum atomic E-state index is 10.9. The van der Waals surface area contributed by atoms with Crippen LogP contribution in [0.4, 0.5) is 0 Å². The van der Waals surface area contributed by atoms with Crippen molar-refractivity contribution in [2.45, 2.75) is 6.23 Å². The van der Waals surface area contributed by atoms with Gasteiger partial charge in [0.05, 0.1) is 6.26 Å². The third-order valence-electron chi connectivity index (χ3n) is 2.57. The Labute approximate surface area is 96.2 Å². The summed E-state index contributed by atoms with van der Waals surface area (Å²) >= 11 is 0.